The van der Waals surface area contributed by atoms with Gasteiger partial charge in [0.1, 0.15) is 11.5 Å². The Kier molecular flexibility index (Phi) is 5.91. The van der Waals surface area contributed by atoms with E-state index in [1.165, 1.54) is 22.1 Å². The number of esters is 1. The molecular formula is C23H25N3O4S. The molecule has 0 bridgehead atoms. The first-order valence-electron chi connectivity index (χ1n) is 10.4. The fourth-order valence-electron chi connectivity index (χ4n) is 3.92. The number of fused-ring (bicyclic) bond motifs is 2. The maximum Gasteiger partial charge on any atom is 0.341 e. The number of thiophene rings is 1. The predicted molar refractivity (Wildman–Crippen MR) is 121 cm³/mol. The molecule has 162 valence electrons. The van der Waals surface area contributed by atoms with Crippen LogP contribution in [0.3, 0.4) is 0 Å². The maximum absolute atomic E-state index is 12.9. The Morgan fingerprint density at radius 3 is 2.87 bits per heavy atom. The number of anilines is 1. The lowest BCUT2D eigenvalue weighted by molar-refractivity contribution is -0.116. The minimum atomic E-state index is -0.413. The minimum absolute atomic E-state index is 0.167. The summed E-state index contributed by atoms with van der Waals surface area (Å²) in [4.78, 5) is 43.4. The number of aromatic nitrogens is 2. The number of carbonyl (C=O) groups excluding carboxylic acids is 2. The van der Waals surface area contributed by atoms with Gasteiger partial charge in [0.25, 0.3) is 5.56 Å². The minimum Gasteiger partial charge on any atom is -0.459 e. The van der Waals surface area contributed by atoms with Crippen molar-refractivity contribution in [1.82, 2.24) is 9.55 Å². The van der Waals surface area contributed by atoms with Crippen LogP contribution in [0.5, 0.6) is 0 Å². The molecule has 1 unspecified atom stereocenters. The van der Waals surface area contributed by atoms with Gasteiger partial charge in [-0.05, 0) is 56.7 Å². The summed E-state index contributed by atoms with van der Waals surface area (Å²) in [5.41, 5.74) is 2.31. The average molecular weight is 440 g/mol. The van der Waals surface area contributed by atoms with Gasteiger partial charge in [-0.25, -0.2) is 9.78 Å². The molecule has 1 amide bonds. The van der Waals surface area contributed by atoms with Crippen LogP contribution in [-0.4, -0.2) is 27.5 Å². The van der Waals surface area contributed by atoms with Crippen molar-refractivity contribution >= 4 is 39.2 Å². The highest BCUT2D eigenvalue weighted by molar-refractivity contribution is 7.17. The molecule has 3 aromatic rings. The van der Waals surface area contributed by atoms with E-state index in [9.17, 15) is 14.4 Å². The molecule has 1 aliphatic rings. The van der Waals surface area contributed by atoms with E-state index in [1.54, 1.807) is 32.0 Å². The zero-order valence-corrected chi connectivity index (χ0v) is 18.6. The van der Waals surface area contributed by atoms with Gasteiger partial charge in [-0.1, -0.05) is 19.1 Å². The first kappa shape index (κ1) is 21.2. The summed E-state index contributed by atoms with van der Waals surface area (Å²) in [7, 11) is 0. The Labute approximate surface area is 184 Å². The summed E-state index contributed by atoms with van der Waals surface area (Å²) in [5.74, 6) is -0.252. The zero-order chi connectivity index (χ0) is 22.1. The van der Waals surface area contributed by atoms with Crippen LogP contribution in [0.25, 0.3) is 11.0 Å². The van der Waals surface area contributed by atoms with E-state index in [2.05, 4.69) is 17.2 Å². The number of carbonyl (C=O) groups is 2. The largest absolute Gasteiger partial charge is 0.459 e. The Hall–Kier alpha value is -3.00. The Morgan fingerprint density at radius 1 is 1.32 bits per heavy atom. The normalized spacial score (nSPS) is 15.7. The number of para-hydroxylation sites is 2. The number of hydrogen-bond donors (Lipinski definition) is 1. The van der Waals surface area contributed by atoms with E-state index in [4.69, 9.17) is 4.74 Å². The third-order valence-electron chi connectivity index (χ3n) is 5.37. The lowest BCUT2D eigenvalue weighted by Gasteiger charge is -2.19. The van der Waals surface area contributed by atoms with E-state index in [1.807, 2.05) is 6.07 Å². The van der Waals surface area contributed by atoms with Crippen LogP contribution in [0.15, 0.2) is 35.3 Å². The molecule has 2 heterocycles. The van der Waals surface area contributed by atoms with Gasteiger partial charge in [-0.2, -0.15) is 0 Å². The molecule has 1 N–H and O–H groups in total. The maximum atomic E-state index is 12.9. The molecule has 0 fully saturated rings. The number of nitrogens with zero attached hydrogens (tertiary/aromatic N) is 2. The number of ether oxygens (including phenoxy) is 1. The number of amides is 1. The van der Waals surface area contributed by atoms with Crippen LogP contribution in [-0.2, 0) is 28.9 Å². The molecule has 1 aromatic carbocycles. The van der Waals surface area contributed by atoms with Crippen LogP contribution in [0.1, 0.15) is 48.0 Å². The molecule has 1 aliphatic carbocycles. The molecule has 0 saturated carbocycles. The van der Waals surface area contributed by atoms with E-state index >= 15 is 0 Å². The summed E-state index contributed by atoms with van der Waals surface area (Å²) in [6.07, 6.45) is 3.63. The summed E-state index contributed by atoms with van der Waals surface area (Å²) in [5, 5.41) is 3.38. The molecule has 7 nitrogen and oxygen atoms in total. The molecule has 8 heteroatoms. The van der Waals surface area contributed by atoms with Crippen molar-refractivity contribution in [3.8, 4) is 0 Å². The Balaban J connectivity index is 1.65. The molecule has 0 spiro atoms. The second-order valence-corrected chi connectivity index (χ2v) is 9.33. The van der Waals surface area contributed by atoms with E-state index in [-0.39, 0.29) is 24.1 Å². The first-order chi connectivity index (χ1) is 14.8. The van der Waals surface area contributed by atoms with Crippen molar-refractivity contribution in [3.05, 3.63) is 56.8 Å². The summed E-state index contributed by atoms with van der Waals surface area (Å²) in [6, 6.07) is 7.17. The quantitative estimate of drug-likeness (QED) is 0.611. The highest BCUT2D eigenvalue weighted by Gasteiger charge is 2.29. The van der Waals surface area contributed by atoms with E-state index < -0.39 is 5.97 Å². The molecule has 0 aliphatic heterocycles. The van der Waals surface area contributed by atoms with E-state index in [0.29, 0.717) is 27.5 Å². The Morgan fingerprint density at radius 2 is 2.10 bits per heavy atom. The number of hydrogen-bond acceptors (Lipinski definition) is 6. The van der Waals surface area contributed by atoms with Gasteiger partial charge in [-0.15, -0.1) is 11.3 Å². The van der Waals surface area contributed by atoms with Crippen molar-refractivity contribution in [3.63, 3.8) is 0 Å². The molecule has 0 saturated heterocycles. The highest BCUT2D eigenvalue weighted by Crippen LogP contribution is 2.40. The van der Waals surface area contributed by atoms with Crippen LogP contribution in [0, 0.1) is 5.92 Å². The average Bonchev–Trinajstić information content (AvgIpc) is 3.06. The van der Waals surface area contributed by atoms with Crippen molar-refractivity contribution in [1.29, 1.82) is 0 Å². The monoisotopic (exact) mass is 439 g/mol. The summed E-state index contributed by atoms with van der Waals surface area (Å²) < 4.78 is 6.85. The van der Waals surface area contributed by atoms with Crippen molar-refractivity contribution in [2.75, 3.05) is 5.32 Å². The number of nitrogens with one attached hydrogen (secondary N) is 1. The molecule has 31 heavy (non-hydrogen) atoms. The Bertz CT molecular complexity index is 1210. The van der Waals surface area contributed by atoms with Gasteiger partial charge in [0, 0.05) is 4.88 Å². The molecule has 1 atom stereocenters. The van der Waals surface area contributed by atoms with Crippen molar-refractivity contribution in [2.45, 2.75) is 52.7 Å². The van der Waals surface area contributed by atoms with Crippen LogP contribution in [0.4, 0.5) is 5.00 Å². The van der Waals surface area contributed by atoms with Gasteiger partial charge in [0.15, 0.2) is 0 Å². The second kappa shape index (κ2) is 8.63. The van der Waals surface area contributed by atoms with Gasteiger partial charge >= 0.3 is 5.97 Å². The summed E-state index contributed by atoms with van der Waals surface area (Å²) in [6.45, 7) is 5.63. The van der Waals surface area contributed by atoms with Crippen molar-refractivity contribution in [2.24, 2.45) is 5.92 Å². The fourth-order valence-corrected chi connectivity index (χ4v) is 5.33. The number of benzene rings is 1. The van der Waals surface area contributed by atoms with Gasteiger partial charge in [0.05, 0.1) is 28.9 Å². The fraction of sp³-hybridized carbons (Fsp3) is 0.391. The lowest BCUT2D eigenvalue weighted by atomic mass is 9.88. The third-order valence-corrected chi connectivity index (χ3v) is 6.54. The van der Waals surface area contributed by atoms with Gasteiger partial charge in [0.2, 0.25) is 5.91 Å². The van der Waals surface area contributed by atoms with Crippen LogP contribution in [0.2, 0.25) is 0 Å². The highest BCUT2D eigenvalue weighted by atomic mass is 32.1. The van der Waals surface area contributed by atoms with Crippen LogP contribution >= 0.6 is 11.3 Å². The van der Waals surface area contributed by atoms with Crippen molar-refractivity contribution < 1.29 is 14.3 Å². The first-order valence-corrected chi connectivity index (χ1v) is 11.2. The predicted octanol–water partition coefficient (Wildman–Crippen LogP) is 3.79. The molecular weight excluding hydrogens is 414 g/mol. The standard InChI is InChI=1S/C23H25N3O4S/c1-13(2)30-23(29)21-15-9-8-14(3)10-18(15)31-22(21)25-19(27)12-26-17-7-5-4-6-16(17)24-11-20(26)28/h4-7,11,13-14H,8-10,12H2,1-3H3,(H,25,27). The zero-order valence-electron chi connectivity index (χ0n) is 17.8. The molecule has 0 radical (unpaired) electrons. The lowest BCUT2D eigenvalue weighted by Crippen LogP contribution is -2.28. The summed E-state index contributed by atoms with van der Waals surface area (Å²) >= 11 is 1.44. The number of rotatable bonds is 5. The van der Waals surface area contributed by atoms with Crippen LogP contribution < -0.4 is 10.9 Å². The topological polar surface area (TPSA) is 90.3 Å². The molecule has 4 rings (SSSR count). The molecule has 2 aromatic heterocycles. The van der Waals surface area contributed by atoms with Gasteiger partial charge < -0.3 is 10.1 Å². The van der Waals surface area contributed by atoms with E-state index in [0.717, 1.165) is 29.7 Å². The SMILES string of the molecule is CC1CCc2c(sc(NC(=O)Cn3c(=O)cnc4ccccc43)c2C(=O)OC(C)C)C1. The van der Waals surface area contributed by atoms with Gasteiger partial charge in [-0.3, -0.25) is 14.2 Å². The third kappa shape index (κ3) is 4.39. The second-order valence-electron chi connectivity index (χ2n) is 8.23. The smallest absolute Gasteiger partial charge is 0.341 e.